The van der Waals surface area contributed by atoms with E-state index in [4.69, 9.17) is 0 Å². The second kappa shape index (κ2) is 3.00. The van der Waals surface area contributed by atoms with Gasteiger partial charge < -0.3 is 5.32 Å². The lowest BCUT2D eigenvalue weighted by Crippen LogP contribution is -2.53. The van der Waals surface area contributed by atoms with Crippen LogP contribution < -0.4 is 5.32 Å². The summed E-state index contributed by atoms with van der Waals surface area (Å²) in [7, 11) is 0. The van der Waals surface area contributed by atoms with Crippen LogP contribution in [0.1, 0.15) is 30.4 Å². The van der Waals surface area contributed by atoms with Gasteiger partial charge in [0.2, 0.25) is 0 Å². The van der Waals surface area contributed by atoms with Crippen LogP contribution in [-0.2, 0) is 11.7 Å². The summed E-state index contributed by atoms with van der Waals surface area (Å²) in [6.07, 6.45) is -0.982. The highest BCUT2D eigenvalue weighted by Gasteiger charge is 2.50. The summed E-state index contributed by atoms with van der Waals surface area (Å²) in [5, 5.41) is 3.42. The molecule has 2 bridgehead atoms. The van der Waals surface area contributed by atoms with Gasteiger partial charge in [-0.25, -0.2) is 0 Å². The van der Waals surface area contributed by atoms with Crippen LogP contribution in [-0.4, -0.2) is 6.04 Å². The molecule has 1 aromatic rings. The summed E-state index contributed by atoms with van der Waals surface area (Å²) in [6.45, 7) is 0. The number of hydrogen-bond donors (Lipinski definition) is 1. The lowest BCUT2D eigenvalue weighted by atomic mass is 9.82. The first-order valence-corrected chi connectivity index (χ1v) is 5.45. The maximum Gasteiger partial charge on any atom is 0.416 e. The molecule has 2 heterocycles. The fourth-order valence-electron chi connectivity index (χ4n) is 2.88. The minimum absolute atomic E-state index is 0.0191. The number of rotatable bonds is 1. The lowest BCUT2D eigenvalue weighted by molar-refractivity contribution is -0.137. The molecule has 0 radical (unpaired) electrons. The van der Waals surface area contributed by atoms with Crippen molar-refractivity contribution in [2.75, 3.05) is 0 Å². The minimum Gasteiger partial charge on any atom is -0.304 e. The molecule has 3 aliphatic rings. The molecule has 16 heavy (non-hydrogen) atoms. The average Bonchev–Trinajstić information content (AvgIpc) is 2.75. The van der Waals surface area contributed by atoms with Gasteiger partial charge in [-0.2, -0.15) is 13.2 Å². The van der Waals surface area contributed by atoms with Crippen molar-refractivity contribution < 1.29 is 13.2 Å². The Balaban J connectivity index is 1.88. The summed E-state index contributed by atoms with van der Waals surface area (Å²) in [5.74, 6) is 0. The number of hydrogen-bond acceptors (Lipinski definition) is 1. The molecule has 2 saturated heterocycles. The van der Waals surface area contributed by atoms with E-state index >= 15 is 0 Å². The molecule has 1 aliphatic carbocycles. The van der Waals surface area contributed by atoms with Crippen molar-refractivity contribution in [1.82, 2.24) is 5.32 Å². The fourth-order valence-corrected chi connectivity index (χ4v) is 2.88. The highest BCUT2D eigenvalue weighted by molar-refractivity contribution is 5.34. The van der Waals surface area contributed by atoms with Crippen molar-refractivity contribution >= 4 is 0 Å². The van der Waals surface area contributed by atoms with Crippen LogP contribution in [0.15, 0.2) is 24.3 Å². The number of nitrogens with one attached hydrogen (secondary N) is 1. The summed E-state index contributed by atoms with van der Waals surface area (Å²) in [6, 6.07) is 6.16. The monoisotopic (exact) mass is 227 g/mol. The second-order valence-corrected chi connectivity index (χ2v) is 4.74. The zero-order chi connectivity index (χ0) is 11.4. The van der Waals surface area contributed by atoms with Gasteiger partial charge >= 0.3 is 6.18 Å². The first kappa shape index (κ1) is 10.1. The van der Waals surface area contributed by atoms with E-state index in [9.17, 15) is 13.2 Å². The molecule has 0 aromatic heterocycles. The van der Waals surface area contributed by atoms with Gasteiger partial charge in [0.1, 0.15) is 0 Å². The highest BCUT2D eigenvalue weighted by Crippen LogP contribution is 2.48. The molecular weight excluding hydrogens is 215 g/mol. The molecule has 4 rings (SSSR count). The molecule has 4 heteroatoms. The number of fused-ring (bicyclic) bond motifs is 1. The predicted octanol–water partition coefficient (Wildman–Crippen LogP) is 3.06. The van der Waals surface area contributed by atoms with Gasteiger partial charge in [-0.1, -0.05) is 12.1 Å². The zero-order valence-electron chi connectivity index (χ0n) is 8.64. The quantitative estimate of drug-likeness (QED) is 0.777. The molecule has 1 N–H and O–H groups in total. The number of alkyl halides is 3. The molecule has 2 aliphatic heterocycles. The molecule has 86 valence electrons. The standard InChI is InChI=1S/C12H12F3N/c13-12(14,15)9-3-1-8(2-4-9)11-6-5-10(7-11)16-11/h1-4,10,16H,5-7H2. The molecule has 2 atom stereocenters. The topological polar surface area (TPSA) is 12.0 Å². The Hall–Kier alpha value is -1.03. The minimum atomic E-state index is -4.23. The maximum atomic E-state index is 12.4. The average molecular weight is 227 g/mol. The normalized spacial score (nSPS) is 32.6. The summed E-state index contributed by atoms with van der Waals surface area (Å²) in [5.41, 5.74) is 0.408. The molecule has 1 nitrogen and oxygen atoms in total. The molecule has 1 aromatic carbocycles. The molecule has 3 fully saturated rings. The third-order valence-electron chi connectivity index (χ3n) is 3.76. The van der Waals surface area contributed by atoms with E-state index in [1.807, 2.05) is 0 Å². The van der Waals surface area contributed by atoms with E-state index in [1.165, 1.54) is 12.1 Å². The number of benzene rings is 1. The Kier molecular flexibility index (Phi) is 1.90. The Morgan fingerprint density at radius 1 is 1.19 bits per heavy atom. The lowest BCUT2D eigenvalue weighted by Gasteiger charge is -2.41. The van der Waals surface area contributed by atoms with Crippen LogP contribution in [0.3, 0.4) is 0 Å². The third-order valence-corrected chi connectivity index (χ3v) is 3.76. The van der Waals surface area contributed by atoms with E-state index in [0.717, 1.165) is 24.8 Å². The molecule has 2 unspecified atom stereocenters. The van der Waals surface area contributed by atoms with Crippen LogP contribution in [0.5, 0.6) is 0 Å². The van der Waals surface area contributed by atoms with E-state index in [-0.39, 0.29) is 5.54 Å². The molecule has 0 amide bonds. The molecule has 0 spiro atoms. The van der Waals surface area contributed by atoms with E-state index < -0.39 is 11.7 Å². The van der Waals surface area contributed by atoms with E-state index in [2.05, 4.69) is 5.32 Å². The van der Waals surface area contributed by atoms with Crippen molar-refractivity contribution in [3.05, 3.63) is 35.4 Å². The number of halogens is 3. The largest absolute Gasteiger partial charge is 0.416 e. The summed E-state index contributed by atoms with van der Waals surface area (Å²) in [4.78, 5) is 0. The van der Waals surface area contributed by atoms with Crippen LogP contribution in [0.25, 0.3) is 0 Å². The van der Waals surface area contributed by atoms with Gasteiger partial charge in [-0.3, -0.25) is 0 Å². The highest BCUT2D eigenvalue weighted by atomic mass is 19.4. The van der Waals surface area contributed by atoms with Crippen LogP contribution in [0.4, 0.5) is 13.2 Å². The fraction of sp³-hybridized carbons (Fsp3) is 0.500. The van der Waals surface area contributed by atoms with Gasteiger partial charge in [0, 0.05) is 11.6 Å². The maximum absolute atomic E-state index is 12.4. The van der Waals surface area contributed by atoms with Crippen LogP contribution in [0.2, 0.25) is 0 Å². The van der Waals surface area contributed by atoms with Crippen molar-refractivity contribution in [1.29, 1.82) is 0 Å². The van der Waals surface area contributed by atoms with Gasteiger partial charge in [0.15, 0.2) is 0 Å². The van der Waals surface area contributed by atoms with Gasteiger partial charge in [0.05, 0.1) is 5.56 Å². The molecule has 1 saturated carbocycles. The van der Waals surface area contributed by atoms with Crippen molar-refractivity contribution in [3.8, 4) is 0 Å². The summed E-state index contributed by atoms with van der Waals surface area (Å²) < 4.78 is 37.2. The summed E-state index contributed by atoms with van der Waals surface area (Å²) >= 11 is 0. The van der Waals surface area contributed by atoms with Crippen molar-refractivity contribution in [2.45, 2.75) is 37.0 Å². The molecular formula is C12H12F3N. The Morgan fingerprint density at radius 3 is 2.25 bits per heavy atom. The van der Waals surface area contributed by atoms with Crippen LogP contribution in [0, 0.1) is 0 Å². The van der Waals surface area contributed by atoms with Crippen molar-refractivity contribution in [3.63, 3.8) is 0 Å². The Bertz CT molecular complexity index is 396. The predicted molar refractivity (Wildman–Crippen MR) is 53.9 cm³/mol. The van der Waals surface area contributed by atoms with E-state index in [0.29, 0.717) is 6.04 Å². The smallest absolute Gasteiger partial charge is 0.304 e. The first-order valence-electron chi connectivity index (χ1n) is 5.45. The van der Waals surface area contributed by atoms with E-state index in [1.54, 1.807) is 12.1 Å². The van der Waals surface area contributed by atoms with Gasteiger partial charge in [0.25, 0.3) is 0 Å². The van der Waals surface area contributed by atoms with Crippen molar-refractivity contribution in [2.24, 2.45) is 0 Å². The Labute approximate surface area is 91.7 Å². The van der Waals surface area contributed by atoms with Gasteiger partial charge in [-0.15, -0.1) is 0 Å². The van der Waals surface area contributed by atoms with Gasteiger partial charge in [-0.05, 0) is 37.0 Å². The third kappa shape index (κ3) is 1.36. The Morgan fingerprint density at radius 2 is 1.81 bits per heavy atom. The zero-order valence-corrected chi connectivity index (χ0v) is 8.64. The SMILES string of the molecule is FC(F)(F)c1ccc(C23CCC(C2)N3)cc1. The second-order valence-electron chi connectivity index (χ2n) is 4.74. The van der Waals surface area contributed by atoms with Crippen LogP contribution >= 0.6 is 0 Å². The first-order chi connectivity index (χ1) is 7.50.